The van der Waals surface area contributed by atoms with Gasteiger partial charge in [0, 0.05) is 43.8 Å². The highest BCUT2D eigenvalue weighted by molar-refractivity contribution is 6.15. The number of rotatable bonds is 8. The van der Waals surface area contributed by atoms with Crippen molar-refractivity contribution in [2.75, 3.05) is 0 Å². The summed E-state index contributed by atoms with van der Waals surface area (Å²) in [5.74, 6) is 0.824. The van der Waals surface area contributed by atoms with Crippen LogP contribution >= 0.6 is 0 Å². The summed E-state index contributed by atoms with van der Waals surface area (Å²) in [6.45, 7) is 0. The first kappa shape index (κ1) is 77.6. The normalized spacial score (nSPS) is 14.4. The lowest BCUT2D eigenvalue weighted by Gasteiger charge is -2.30. The van der Waals surface area contributed by atoms with Crippen molar-refractivity contribution in [3.8, 4) is 179 Å². The van der Waals surface area contributed by atoms with Crippen molar-refractivity contribution in [2.24, 2.45) is 0 Å². The van der Waals surface area contributed by atoms with Crippen LogP contribution in [-0.4, -0.2) is 10.2 Å². The molecule has 0 fully saturated rings. The van der Waals surface area contributed by atoms with Gasteiger partial charge in [0.05, 0.1) is 21.7 Å². The first-order valence-corrected chi connectivity index (χ1v) is 49.7. The molecule has 4 spiro atoms. The molecule has 22 aromatic carbocycles. The summed E-state index contributed by atoms with van der Waals surface area (Å²) in [6.07, 6.45) is 0. The van der Waals surface area contributed by atoms with Crippen molar-refractivity contribution < 1.29 is 13.3 Å². The number of hydrogen-bond acceptors (Lipinski definition) is 5. The fourth-order valence-corrected chi connectivity index (χ4v) is 28.0. The highest BCUT2D eigenvalue weighted by Gasteiger charge is 2.57. The third kappa shape index (κ3) is 9.95. The van der Waals surface area contributed by atoms with Gasteiger partial charge < -0.3 is 13.3 Å². The van der Waals surface area contributed by atoms with E-state index in [0.717, 1.165) is 122 Å². The van der Waals surface area contributed by atoms with Crippen LogP contribution in [0.1, 0.15) is 89.0 Å². The number of furan rings is 2. The molecule has 25 aromatic rings. The molecule has 658 valence electrons. The molecule has 5 heteroatoms. The summed E-state index contributed by atoms with van der Waals surface area (Å²) in [4.78, 5) is 0. The molecular weight excluding hydrogens is 1730 g/mol. The van der Waals surface area contributed by atoms with Crippen LogP contribution in [0.2, 0.25) is 0 Å². The Bertz CT molecular complexity index is 9200. The molecule has 0 unspecified atom stereocenters. The van der Waals surface area contributed by atoms with Crippen molar-refractivity contribution in [1.29, 1.82) is 0 Å². The molecule has 0 amide bonds. The van der Waals surface area contributed by atoms with Gasteiger partial charge in [-0.1, -0.05) is 376 Å². The minimum Gasteiger partial charge on any atom is -0.455 e. The Kier molecular flexibility index (Phi) is 15.3. The summed E-state index contributed by atoms with van der Waals surface area (Å²) in [5, 5.41) is 13.8. The molecule has 0 saturated heterocycles. The van der Waals surface area contributed by atoms with Crippen LogP contribution in [0.25, 0.3) is 223 Å². The second-order valence-electron chi connectivity index (χ2n) is 40.1. The lowest BCUT2D eigenvalue weighted by Crippen LogP contribution is -2.25. The molecule has 143 heavy (non-hydrogen) atoms. The van der Waals surface area contributed by atoms with Gasteiger partial charge in [-0.2, -0.15) is 0 Å². The quantitative estimate of drug-likeness (QED) is 0.152. The molecule has 3 aromatic heterocycles. The van der Waals surface area contributed by atoms with Crippen LogP contribution in [0.4, 0.5) is 0 Å². The third-order valence-electron chi connectivity index (χ3n) is 33.8. The predicted octanol–water partition coefficient (Wildman–Crippen LogP) is 34.6. The van der Waals surface area contributed by atoms with E-state index >= 15 is 0 Å². The number of nitrogens with zero attached hydrogens (tertiary/aromatic N) is 2. The largest absolute Gasteiger partial charge is 0.455 e. The van der Waals surface area contributed by atoms with Gasteiger partial charge in [0.25, 0.3) is 0 Å². The first-order valence-electron chi connectivity index (χ1n) is 49.7. The fourth-order valence-electron chi connectivity index (χ4n) is 28.0. The van der Waals surface area contributed by atoms with E-state index in [1.165, 1.54) is 178 Å². The SMILES string of the molecule is c1ccc2c(c1)-c1ccccc1C21c2ccccc2-c2ccc(-c3ccc4oc5c(-c6ccc(-c7nnc(-c8ccc(-c9cc(-c%10ccc%11c(c%10)C%10(c%12ccccc%12-c%12ccccc%12%10)c%10ccccc%10-%11)cc%10c9oc9ccc(-c%11ccc%12c(c%11)C%11(c%13ccccc%13-c%13ccccc%13%11)c%11ccccc%11-%12)cc9%10)cc8)o7)cc6)cc(-c6ccc7c(c6)C6(c8ccccc8-c8ccccc86)c6ccccc6-7)cc5c4c3)cc21. The second kappa shape index (κ2) is 28.2. The van der Waals surface area contributed by atoms with E-state index in [0.29, 0.717) is 11.8 Å². The van der Waals surface area contributed by atoms with Gasteiger partial charge in [-0.25, -0.2) is 0 Å². The fraction of sp³-hybridized carbons (Fsp3) is 0.0290. The van der Waals surface area contributed by atoms with E-state index in [4.69, 9.17) is 23.4 Å². The van der Waals surface area contributed by atoms with Gasteiger partial charge in [0.15, 0.2) is 0 Å². The maximum Gasteiger partial charge on any atom is 0.248 e. The van der Waals surface area contributed by atoms with E-state index in [9.17, 15) is 0 Å². The number of aromatic nitrogens is 2. The first-order chi connectivity index (χ1) is 70.8. The standard InChI is InChI=1S/C138H78N2O3/c1-13-37-113-91(25-1)92-26-2-14-38-114(92)135(113)121-45-21-9-33-99(121)103-63-57-85(75-125(103)135)83-61-67-129-109(69-83)111-73-89(87-59-65-105-101-35-11-23-47-123(101)137(127(105)77-87)117-41-17-5-29-95(117)96-30-6-18-42-118(96)137)71-107(131(111)141-129)79-49-53-81(54-50-79)133-139-140-134(143-133)82-55-51-80(52-56-82)108-72-90(88-60-66-106-102-36-12-24-48-124(102)138(128(106)78-88)119-43-19-7-31-97(119)98-32-8-20-44-120(98)138)74-112-110-70-84(62-68-130(110)142-132(108)112)86-58-64-104-100-34-10-22-46-122(100)136(126(104)76-86)115-39-15-3-27-93(115)94-28-4-16-40-116(94)136/h1-78H. The van der Waals surface area contributed by atoms with Crippen LogP contribution in [0.15, 0.2) is 486 Å². The Morgan fingerprint density at radius 2 is 0.308 bits per heavy atom. The van der Waals surface area contributed by atoms with Gasteiger partial charge in [0.1, 0.15) is 22.3 Å². The summed E-state index contributed by atoms with van der Waals surface area (Å²) in [5.41, 5.74) is 57.1. The van der Waals surface area contributed by atoms with Gasteiger partial charge >= 0.3 is 0 Å². The van der Waals surface area contributed by atoms with E-state index in [1.54, 1.807) is 0 Å². The Hall–Kier alpha value is -18.4. The molecule has 0 radical (unpaired) electrons. The molecule has 33 rings (SSSR count). The zero-order valence-electron chi connectivity index (χ0n) is 77.2. The summed E-state index contributed by atoms with van der Waals surface area (Å²) >= 11 is 0. The number of hydrogen-bond donors (Lipinski definition) is 0. The van der Waals surface area contributed by atoms with E-state index < -0.39 is 21.7 Å². The molecule has 0 bridgehead atoms. The lowest BCUT2D eigenvalue weighted by molar-refractivity contribution is 0.584. The molecule has 0 aliphatic heterocycles. The van der Waals surface area contributed by atoms with Gasteiger partial charge in [-0.15, -0.1) is 10.2 Å². The zero-order chi connectivity index (χ0) is 93.0. The minimum atomic E-state index is -0.527. The molecule has 0 atom stereocenters. The average molecular weight is 1810 g/mol. The number of benzene rings is 22. The molecule has 5 nitrogen and oxygen atoms in total. The van der Waals surface area contributed by atoms with Crippen molar-refractivity contribution in [3.05, 3.63) is 562 Å². The van der Waals surface area contributed by atoms with Gasteiger partial charge in [-0.05, 0) is 331 Å². The zero-order valence-corrected chi connectivity index (χ0v) is 77.2. The van der Waals surface area contributed by atoms with Crippen molar-refractivity contribution in [3.63, 3.8) is 0 Å². The Morgan fingerprint density at radius 1 is 0.126 bits per heavy atom. The van der Waals surface area contributed by atoms with Crippen LogP contribution < -0.4 is 0 Å². The Morgan fingerprint density at radius 3 is 0.545 bits per heavy atom. The summed E-state index contributed by atoms with van der Waals surface area (Å²) < 4.78 is 21.5. The Labute approximate surface area is 824 Å². The summed E-state index contributed by atoms with van der Waals surface area (Å²) in [7, 11) is 0. The van der Waals surface area contributed by atoms with Gasteiger partial charge in [-0.3, -0.25) is 0 Å². The molecular formula is C138H78N2O3. The van der Waals surface area contributed by atoms with Crippen molar-refractivity contribution in [1.82, 2.24) is 10.2 Å². The highest BCUT2D eigenvalue weighted by Crippen LogP contribution is 2.69. The second-order valence-corrected chi connectivity index (χ2v) is 40.1. The molecule has 8 aliphatic carbocycles. The van der Waals surface area contributed by atoms with Crippen LogP contribution in [-0.2, 0) is 21.7 Å². The van der Waals surface area contributed by atoms with E-state index in [2.05, 4.69) is 473 Å². The molecule has 3 heterocycles. The van der Waals surface area contributed by atoms with E-state index in [-0.39, 0.29) is 0 Å². The Balaban J connectivity index is 0.507. The molecule has 8 aliphatic rings. The minimum absolute atomic E-state index is 0.412. The topological polar surface area (TPSA) is 65.2 Å². The monoisotopic (exact) mass is 1810 g/mol. The maximum atomic E-state index is 7.31. The summed E-state index contributed by atoms with van der Waals surface area (Å²) in [6, 6.07) is 178. The van der Waals surface area contributed by atoms with Crippen molar-refractivity contribution in [2.45, 2.75) is 21.7 Å². The number of fused-ring (bicyclic) bond motifs is 46. The van der Waals surface area contributed by atoms with Crippen molar-refractivity contribution >= 4 is 43.9 Å². The molecule has 0 saturated carbocycles. The lowest BCUT2D eigenvalue weighted by atomic mass is 9.70. The third-order valence-corrected chi connectivity index (χ3v) is 33.8. The van der Waals surface area contributed by atoms with E-state index in [1.807, 2.05) is 0 Å². The highest BCUT2D eigenvalue weighted by atomic mass is 16.4. The average Bonchev–Trinajstić information content (AvgIpc) is 1.52. The predicted molar refractivity (Wildman–Crippen MR) is 578 cm³/mol. The smallest absolute Gasteiger partial charge is 0.248 e. The van der Waals surface area contributed by atoms with Crippen LogP contribution in [0.3, 0.4) is 0 Å². The van der Waals surface area contributed by atoms with Gasteiger partial charge in [0.2, 0.25) is 11.8 Å². The van der Waals surface area contributed by atoms with Crippen LogP contribution in [0, 0.1) is 0 Å². The molecule has 0 N–H and O–H groups in total. The maximum absolute atomic E-state index is 7.31. The van der Waals surface area contributed by atoms with Crippen LogP contribution in [0.5, 0.6) is 0 Å².